The maximum atomic E-state index is 12.9. The number of amides is 1. The van der Waals surface area contributed by atoms with Gasteiger partial charge >= 0.3 is 0 Å². The first-order chi connectivity index (χ1) is 12.3. The standard InChI is InChI=1S/C19H23N3O2S/c1-24-18-4-7-22(19(23)15-5-8-25-13-15)17-12-21(11-16(17)18)10-14-3-2-6-20-9-14/h2-3,5-6,8-9,13,16-18H,4,7,10-12H2,1H3/t16-,17+,18-/m0/s1. The minimum Gasteiger partial charge on any atom is -0.381 e. The van der Waals surface area contributed by atoms with Crippen LogP contribution in [0.3, 0.4) is 0 Å². The Kier molecular flexibility index (Phi) is 4.83. The topological polar surface area (TPSA) is 45.7 Å². The van der Waals surface area contributed by atoms with Gasteiger partial charge in [-0.3, -0.25) is 14.7 Å². The SMILES string of the molecule is CO[C@H]1CCN(C(=O)c2ccsc2)[C@@H]2CN(Cc3cccnc3)C[C@H]12. The van der Waals surface area contributed by atoms with E-state index in [4.69, 9.17) is 4.74 Å². The molecular formula is C19H23N3O2S. The van der Waals surface area contributed by atoms with Crippen LogP contribution in [-0.4, -0.2) is 59.6 Å². The molecule has 0 aliphatic carbocycles. The second-order valence-corrected chi connectivity index (χ2v) is 7.64. The number of methoxy groups -OCH3 is 1. The molecule has 6 heteroatoms. The number of aromatic nitrogens is 1. The zero-order valence-electron chi connectivity index (χ0n) is 14.4. The van der Waals surface area contributed by atoms with E-state index in [0.717, 1.165) is 38.2 Å². The Balaban J connectivity index is 1.52. The minimum atomic E-state index is 0.161. The van der Waals surface area contributed by atoms with Crippen molar-refractivity contribution in [3.8, 4) is 0 Å². The van der Waals surface area contributed by atoms with Crippen molar-refractivity contribution >= 4 is 17.2 Å². The smallest absolute Gasteiger partial charge is 0.255 e. The van der Waals surface area contributed by atoms with Crippen LogP contribution in [0.15, 0.2) is 41.4 Å². The van der Waals surface area contributed by atoms with Gasteiger partial charge in [-0.1, -0.05) is 6.07 Å². The predicted octanol–water partition coefficient (Wildman–Crippen LogP) is 2.50. The summed E-state index contributed by atoms with van der Waals surface area (Å²) in [5.74, 6) is 0.534. The van der Waals surface area contributed by atoms with Gasteiger partial charge in [0.05, 0.1) is 17.7 Å². The lowest BCUT2D eigenvalue weighted by atomic mass is 9.88. The number of rotatable bonds is 4. The van der Waals surface area contributed by atoms with Crippen molar-refractivity contribution in [2.75, 3.05) is 26.7 Å². The predicted molar refractivity (Wildman–Crippen MR) is 97.6 cm³/mol. The highest BCUT2D eigenvalue weighted by atomic mass is 32.1. The molecule has 0 bridgehead atoms. The maximum Gasteiger partial charge on any atom is 0.255 e. The van der Waals surface area contributed by atoms with E-state index in [2.05, 4.69) is 20.9 Å². The monoisotopic (exact) mass is 357 g/mol. The Morgan fingerprint density at radius 1 is 1.40 bits per heavy atom. The largest absolute Gasteiger partial charge is 0.381 e. The Labute approximate surface area is 152 Å². The van der Waals surface area contributed by atoms with Gasteiger partial charge < -0.3 is 9.64 Å². The van der Waals surface area contributed by atoms with Gasteiger partial charge in [-0.15, -0.1) is 0 Å². The first kappa shape index (κ1) is 16.7. The van der Waals surface area contributed by atoms with Gasteiger partial charge in [0.1, 0.15) is 0 Å². The molecule has 4 heterocycles. The third-order valence-corrected chi connectivity index (χ3v) is 6.08. The third-order valence-electron chi connectivity index (χ3n) is 5.40. The van der Waals surface area contributed by atoms with Crippen molar-refractivity contribution in [1.29, 1.82) is 0 Å². The Morgan fingerprint density at radius 2 is 2.32 bits per heavy atom. The van der Waals surface area contributed by atoms with Crippen molar-refractivity contribution in [1.82, 2.24) is 14.8 Å². The molecule has 2 aliphatic heterocycles. The van der Waals surface area contributed by atoms with Crippen molar-refractivity contribution in [3.05, 3.63) is 52.5 Å². The molecule has 132 valence electrons. The summed E-state index contributed by atoms with van der Waals surface area (Å²) >= 11 is 1.57. The van der Waals surface area contributed by atoms with E-state index in [9.17, 15) is 4.79 Å². The van der Waals surface area contributed by atoms with Crippen LogP contribution in [0.4, 0.5) is 0 Å². The van der Waals surface area contributed by atoms with Crippen LogP contribution in [-0.2, 0) is 11.3 Å². The van der Waals surface area contributed by atoms with Crippen molar-refractivity contribution in [2.24, 2.45) is 5.92 Å². The molecule has 1 amide bonds. The van der Waals surface area contributed by atoms with Gasteiger partial charge in [-0.05, 0) is 29.5 Å². The second kappa shape index (κ2) is 7.23. The van der Waals surface area contributed by atoms with E-state index in [1.807, 2.05) is 29.1 Å². The third kappa shape index (κ3) is 3.34. The van der Waals surface area contributed by atoms with Crippen LogP contribution in [0.2, 0.25) is 0 Å². The van der Waals surface area contributed by atoms with Crippen LogP contribution in [0.25, 0.3) is 0 Å². The van der Waals surface area contributed by atoms with E-state index in [0.29, 0.717) is 5.92 Å². The summed E-state index contributed by atoms with van der Waals surface area (Å²) in [4.78, 5) is 21.6. The molecule has 3 atom stereocenters. The van der Waals surface area contributed by atoms with Gasteiger partial charge in [0.2, 0.25) is 0 Å². The molecular weight excluding hydrogens is 334 g/mol. The number of thiophene rings is 1. The number of carbonyl (C=O) groups is 1. The molecule has 25 heavy (non-hydrogen) atoms. The second-order valence-electron chi connectivity index (χ2n) is 6.86. The highest BCUT2D eigenvalue weighted by Crippen LogP contribution is 2.34. The van der Waals surface area contributed by atoms with Crippen molar-refractivity contribution in [2.45, 2.75) is 25.1 Å². The quantitative estimate of drug-likeness (QED) is 0.843. The first-order valence-electron chi connectivity index (χ1n) is 8.73. The van der Waals surface area contributed by atoms with Crippen LogP contribution in [0.1, 0.15) is 22.3 Å². The summed E-state index contributed by atoms with van der Waals surface area (Å²) in [5, 5.41) is 3.91. The lowest BCUT2D eigenvalue weighted by Crippen LogP contribution is -2.53. The number of carbonyl (C=O) groups excluding carboxylic acids is 1. The average molecular weight is 357 g/mol. The Bertz CT molecular complexity index is 707. The van der Waals surface area contributed by atoms with Crippen LogP contribution < -0.4 is 0 Å². The molecule has 0 saturated carbocycles. The van der Waals surface area contributed by atoms with Gasteiger partial charge in [0, 0.05) is 57.0 Å². The number of ether oxygens (including phenoxy) is 1. The molecule has 0 unspecified atom stereocenters. The summed E-state index contributed by atoms with van der Waals surface area (Å²) in [6.45, 7) is 3.51. The average Bonchev–Trinajstić information content (AvgIpc) is 3.31. The number of nitrogens with zero attached hydrogens (tertiary/aromatic N) is 3. The molecule has 5 nitrogen and oxygen atoms in total. The number of fused-ring (bicyclic) bond motifs is 1. The van der Waals surface area contributed by atoms with Crippen molar-refractivity contribution < 1.29 is 9.53 Å². The molecule has 0 radical (unpaired) electrons. The lowest BCUT2D eigenvalue weighted by Gasteiger charge is -2.41. The highest BCUT2D eigenvalue weighted by Gasteiger charge is 2.46. The number of likely N-dealkylation sites (tertiary alicyclic amines) is 2. The number of pyridine rings is 1. The van der Waals surface area contributed by atoms with E-state index >= 15 is 0 Å². The van der Waals surface area contributed by atoms with E-state index in [1.54, 1.807) is 24.6 Å². The number of hydrogen-bond acceptors (Lipinski definition) is 5. The van der Waals surface area contributed by atoms with Gasteiger partial charge in [-0.25, -0.2) is 0 Å². The normalized spacial score (nSPS) is 26.6. The van der Waals surface area contributed by atoms with E-state index in [1.165, 1.54) is 5.56 Å². The molecule has 2 fully saturated rings. The van der Waals surface area contributed by atoms with Crippen LogP contribution >= 0.6 is 11.3 Å². The Morgan fingerprint density at radius 3 is 3.04 bits per heavy atom. The minimum absolute atomic E-state index is 0.161. The molecule has 4 rings (SSSR count). The zero-order valence-corrected chi connectivity index (χ0v) is 15.2. The van der Waals surface area contributed by atoms with Gasteiger partial charge in [0.15, 0.2) is 0 Å². The molecule has 0 aromatic carbocycles. The van der Waals surface area contributed by atoms with E-state index < -0.39 is 0 Å². The molecule has 0 N–H and O–H groups in total. The fourth-order valence-electron chi connectivity index (χ4n) is 4.21. The van der Waals surface area contributed by atoms with E-state index in [-0.39, 0.29) is 18.1 Å². The van der Waals surface area contributed by atoms with Crippen LogP contribution in [0.5, 0.6) is 0 Å². The molecule has 2 aromatic rings. The number of hydrogen-bond donors (Lipinski definition) is 0. The molecule has 2 aliphatic rings. The summed E-state index contributed by atoms with van der Waals surface area (Å²) < 4.78 is 5.75. The molecule has 0 spiro atoms. The summed E-state index contributed by atoms with van der Waals surface area (Å²) in [6.07, 6.45) is 4.86. The first-order valence-corrected chi connectivity index (χ1v) is 9.68. The molecule has 2 saturated heterocycles. The summed E-state index contributed by atoms with van der Waals surface area (Å²) in [7, 11) is 1.79. The Hall–Kier alpha value is -1.76. The van der Waals surface area contributed by atoms with Gasteiger partial charge in [-0.2, -0.15) is 11.3 Å². The van der Waals surface area contributed by atoms with Crippen LogP contribution in [0, 0.1) is 5.92 Å². The highest BCUT2D eigenvalue weighted by molar-refractivity contribution is 7.08. The molecule has 2 aromatic heterocycles. The summed E-state index contributed by atoms with van der Waals surface area (Å²) in [5.41, 5.74) is 2.02. The fraction of sp³-hybridized carbons (Fsp3) is 0.474. The fourth-order valence-corrected chi connectivity index (χ4v) is 4.84. The zero-order chi connectivity index (χ0) is 17.2. The van der Waals surface area contributed by atoms with Gasteiger partial charge in [0.25, 0.3) is 5.91 Å². The maximum absolute atomic E-state index is 12.9. The number of piperidine rings is 1. The lowest BCUT2D eigenvalue weighted by molar-refractivity contribution is -0.0156. The van der Waals surface area contributed by atoms with Crippen molar-refractivity contribution in [3.63, 3.8) is 0 Å². The summed E-state index contributed by atoms with van der Waals surface area (Å²) in [6, 6.07) is 6.23.